The Balaban J connectivity index is 2.15. The third-order valence-electron chi connectivity index (χ3n) is 2.56. The molecule has 1 fully saturated rings. The minimum atomic E-state index is -0.896. The quantitative estimate of drug-likeness (QED) is 0.617. The van der Waals surface area contributed by atoms with E-state index in [-0.39, 0.29) is 0 Å². The average Bonchev–Trinajstić information content (AvgIpc) is 2.80. The first-order chi connectivity index (χ1) is 6.18. The fraction of sp³-hybridized carbons (Fsp3) is 0.700. The van der Waals surface area contributed by atoms with E-state index >= 15 is 0 Å². The highest BCUT2D eigenvalue weighted by atomic mass is 16.4. The Morgan fingerprint density at radius 2 is 2.31 bits per heavy atom. The van der Waals surface area contributed by atoms with Crippen LogP contribution in [0.15, 0.2) is 12.3 Å². The maximum atomic E-state index is 10.1. The number of carboxylic acid groups (broad SMARTS) is 1. The lowest BCUT2D eigenvalue weighted by Crippen LogP contribution is -2.19. The first-order valence-corrected chi connectivity index (χ1v) is 4.81. The average molecular weight is 183 g/mol. The lowest BCUT2D eigenvalue weighted by molar-refractivity contribution is -0.131. The normalized spacial score (nSPS) is 18.8. The van der Waals surface area contributed by atoms with Crippen LogP contribution >= 0.6 is 0 Å². The second-order valence-corrected chi connectivity index (χ2v) is 3.80. The van der Waals surface area contributed by atoms with Crippen molar-refractivity contribution in [3.05, 3.63) is 12.3 Å². The van der Waals surface area contributed by atoms with E-state index in [2.05, 4.69) is 12.2 Å². The zero-order valence-electron chi connectivity index (χ0n) is 8.05. The van der Waals surface area contributed by atoms with Crippen LogP contribution in [0.2, 0.25) is 0 Å². The van der Waals surface area contributed by atoms with Gasteiger partial charge in [0.15, 0.2) is 0 Å². The molecule has 13 heavy (non-hydrogen) atoms. The van der Waals surface area contributed by atoms with E-state index in [1.54, 1.807) is 0 Å². The number of carboxylic acids is 1. The SMILES string of the molecule is CCCC1(CN/C=C/C(=O)O)CC1. The van der Waals surface area contributed by atoms with E-state index < -0.39 is 5.97 Å². The molecule has 74 valence electrons. The molecule has 0 atom stereocenters. The Labute approximate surface area is 78.8 Å². The molecule has 0 radical (unpaired) electrons. The van der Waals surface area contributed by atoms with Gasteiger partial charge in [-0.05, 0) is 24.7 Å². The van der Waals surface area contributed by atoms with Gasteiger partial charge < -0.3 is 10.4 Å². The Morgan fingerprint density at radius 3 is 2.77 bits per heavy atom. The summed E-state index contributed by atoms with van der Waals surface area (Å²) in [6.45, 7) is 3.11. The zero-order chi connectivity index (χ0) is 9.73. The molecule has 2 N–H and O–H groups in total. The third kappa shape index (κ3) is 3.49. The topological polar surface area (TPSA) is 49.3 Å². The van der Waals surface area contributed by atoms with Crippen LogP contribution in [0.1, 0.15) is 32.6 Å². The zero-order valence-corrected chi connectivity index (χ0v) is 8.05. The van der Waals surface area contributed by atoms with Gasteiger partial charge in [-0.1, -0.05) is 13.3 Å². The monoisotopic (exact) mass is 183 g/mol. The van der Waals surface area contributed by atoms with E-state index in [4.69, 9.17) is 5.11 Å². The number of hydrogen-bond donors (Lipinski definition) is 2. The van der Waals surface area contributed by atoms with Crippen LogP contribution in [0.25, 0.3) is 0 Å². The highest BCUT2D eigenvalue weighted by Gasteiger charge is 2.40. The molecule has 0 unspecified atom stereocenters. The Hall–Kier alpha value is -0.990. The summed E-state index contributed by atoms with van der Waals surface area (Å²) in [5.41, 5.74) is 0.484. The van der Waals surface area contributed by atoms with Gasteiger partial charge in [-0.2, -0.15) is 0 Å². The molecule has 0 saturated heterocycles. The predicted octanol–water partition coefficient (Wildman–Crippen LogP) is 1.75. The summed E-state index contributed by atoms with van der Waals surface area (Å²) in [6, 6.07) is 0. The molecule has 0 heterocycles. The number of nitrogens with one attached hydrogen (secondary N) is 1. The molecule has 0 amide bonds. The minimum absolute atomic E-state index is 0.484. The molecule has 3 heteroatoms. The van der Waals surface area contributed by atoms with E-state index in [1.807, 2.05) is 0 Å². The molecule has 0 bridgehead atoms. The van der Waals surface area contributed by atoms with Crippen molar-refractivity contribution in [3.8, 4) is 0 Å². The van der Waals surface area contributed by atoms with Crippen LogP contribution in [-0.2, 0) is 4.79 Å². The molecule has 0 aromatic rings. The predicted molar refractivity (Wildman–Crippen MR) is 51.4 cm³/mol. The third-order valence-corrected chi connectivity index (χ3v) is 2.56. The van der Waals surface area contributed by atoms with Gasteiger partial charge in [-0.25, -0.2) is 4.79 Å². The van der Waals surface area contributed by atoms with E-state index in [0.29, 0.717) is 5.41 Å². The van der Waals surface area contributed by atoms with Crippen LogP contribution < -0.4 is 5.32 Å². The highest BCUT2D eigenvalue weighted by molar-refractivity contribution is 5.79. The van der Waals surface area contributed by atoms with Gasteiger partial charge in [0.1, 0.15) is 0 Å². The smallest absolute Gasteiger partial charge is 0.329 e. The Bertz CT molecular complexity index is 207. The molecule has 1 rings (SSSR count). The van der Waals surface area contributed by atoms with Gasteiger partial charge in [0.05, 0.1) is 0 Å². The van der Waals surface area contributed by atoms with Crippen molar-refractivity contribution in [1.29, 1.82) is 0 Å². The highest BCUT2D eigenvalue weighted by Crippen LogP contribution is 2.48. The number of rotatable bonds is 6. The molecular weight excluding hydrogens is 166 g/mol. The number of carbonyl (C=O) groups is 1. The van der Waals surface area contributed by atoms with Crippen LogP contribution in [0, 0.1) is 5.41 Å². The summed E-state index contributed by atoms with van der Waals surface area (Å²) in [7, 11) is 0. The molecule has 0 aromatic heterocycles. The summed E-state index contributed by atoms with van der Waals surface area (Å²) in [5.74, 6) is -0.896. The van der Waals surface area contributed by atoms with Crippen molar-refractivity contribution in [2.24, 2.45) is 5.41 Å². The first-order valence-electron chi connectivity index (χ1n) is 4.81. The summed E-state index contributed by atoms with van der Waals surface area (Å²) in [5, 5.41) is 11.4. The number of aliphatic carboxylic acids is 1. The van der Waals surface area contributed by atoms with E-state index in [9.17, 15) is 4.79 Å². The van der Waals surface area contributed by atoms with Crippen LogP contribution in [-0.4, -0.2) is 17.6 Å². The largest absolute Gasteiger partial charge is 0.478 e. The van der Waals surface area contributed by atoms with Gasteiger partial charge >= 0.3 is 5.97 Å². The van der Waals surface area contributed by atoms with Crippen molar-refractivity contribution in [3.63, 3.8) is 0 Å². The minimum Gasteiger partial charge on any atom is -0.478 e. The summed E-state index contributed by atoms with van der Waals surface area (Å²) in [6.07, 6.45) is 7.70. The van der Waals surface area contributed by atoms with E-state index in [0.717, 1.165) is 12.6 Å². The number of hydrogen-bond acceptors (Lipinski definition) is 2. The van der Waals surface area contributed by atoms with Crippen LogP contribution in [0.5, 0.6) is 0 Å². The Kier molecular flexibility index (Phi) is 3.34. The van der Waals surface area contributed by atoms with Crippen molar-refractivity contribution in [1.82, 2.24) is 5.32 Å². The maximum Gasteiger partial charge on any atom is 0.329 e. The van der Waals surface area contributed by atoms with Crippen molar-refractivity contribution < 1.29 is 9.90 Å². The van der Waals surface area contributed by atoms with E-state index in [1.165, 1.54) is 31.9 Å². The fourth-order valence-electron chi connectivity index (χ4n) is 1.63. The molecule has 1 aliphatic carbocycles. The summed E-state index contributed by atoms with van der Waals surface area (Å²) >= 11 is 0. The molecule has 0 spiro atoms. The van der Waals surface area contributed by atoms with Crippen molar-refractivity contribution in [2.45, 2.75) is 32.6 Å². The molecule has 0 aromatic carbocycles. The van der Waals surface area contributed by atoms with Gasteiger partial charge in [0, 0.05) is 18.8 Å². The lowest BCUT2D eigenvalue weighted by Gasteiger charge is -2.12. The van der Waals surface area contributed by atoms with Gasteiger partial charge in [0.2, 0.25) is 0 Å². The molecule has 0 aliphatic heterocycles. The molecule has 3 nitrogen and oxygen atoms in total. The first kappa shape index (κ1) is 10.1. The van der Waals surface area contributed by atoms with Gasteiger partial charge in [-0.15, -0.1) is 0 Å². The van der Waals surface area contributed by atoms with Crippen molar-refractivity contribution >= 4 is 5.97 Å². The lowest BCUT2D eigenvalue weighted by atomic mass is 10.0. The Morgan fingerprint density at radius 1 is 1.62 bits per heavy atom. The van der Waals surface area contributed by atoms with Crippen LogP contribution in [0.4, 0.5) is 0 Å². The summed E-state index contributed by atoms with van der Waals surface area (Å²) < 4.78 is 0. The van der Waals surface area contributed by atoms with Gasteiger partial charge in [-0.3, -0.25) is 0 Å². The molecule has 1 saturated carbocycles. The summed E-state index contributed by atoms with van der Waals surface area (Å²) in [4.78, 5) is 10.1. The molecule has 1 aliphatic rings. The van der Waals surface area contributed by atoms with Gasteiger partial charge in [0.25, 0.3) is 0 Å². The maximum absolute atomic E-state index is 10.1. The second kappa shape index (κ2) is 4.30. The fourth-order valence-corrected chi connectivity index (χ4v) is 1.63. The second-order valence-electron chi connectivity index (χ2n) is 3.80. The van der Waals surface area contributed by atoms with Crippen LogP contribution in [0.3, 0.4) is 0 Å². The standard InChI is InChI=1S/C10H17NO2/c1-2-4-10(5-6-10)8-11-7-3-9(12)13/h3,7,11H,2,4-6,8H2,1H3,(H,12,13)/b7-3+. The van der Waals surface area contributed by atoms with Crippen molar-refractivity contribution in [2.75, 3.05) is 6.54 Å². The molecular formula is C10H17NO2.